The van der Waals surface area contributed by atoms with E-state index in [1.165, 1.54) is 12.8 Å². The fraction of sp³-hybridized carbons (Fsp3) is 0.533. The van der Waals surface area contributed by atoms with Crippen LogP contribution in [0.15, 0.2) is 18.2 Å². The summed E-state index contributed by atoms with van der Waals surface area (Å²) in [6.45, 7) is 4.70. The van der Waals surface area contributed by atoms with Gasteiger partial charge in [0.25, 0.3) is 0 Å². The van der Waals surface area contributed by atoms with Crippen molar-refractivity contribution in [1.82, 2.24) is 4.90 Å². The largest absolute Gasteiger partial charge is 0.497 e. The number of Topliss-reactive ketones (excluding diaryl/α,β-unsaturated/α-hetero) is 1. The van der Waals surface area contributed by atoms with Crippen molar-refractivity contribution in [1.29, 1.82) is 0 Å². The van der Waals surface area contributed by atoms with Crippen molar-refractivity contribution in [2.45, 2.75) is 19.8 Å². The van der Waals surface area contributed by atoms with E-state index >= 15 is 0 Å². The van der Waals surface area contributed by atoms with Gasteiger partial charge in [-0.1, -0.05) is 18.5 Å². The lowest BCUT2D eigenvalue weighted by atomic mass is 9.98. The standard InChI is InChI=1S/C15H20ClNO2/c1-11-5-7-17(8-6-11)10-15(18)13-9-12(19-2)3-4-14(13)16/h3-4,9,11H,5-8,10H2,1-2H3. The predicted molar refractivity (Wildman–Crippen MR) is 77.2 cm³/mol. The van der Waals surface area contributed by atoms with Crippen molar-refractivity contribution in [2.75, 3.05) is 26.7 Å². The quantitative estimate of drug-likeness (QED) is 0.794. The van der Waals surface area contributed by atoms with Crippen molar-refractivity contribution in [3.63, 3.8) is 0 Å². The first kappa shape index (κ1) is 14.4. The summed E-state index contributed by atoms with van der Waals surface area (Å²) >= 11 is 6.09. The molecule has 2 rings (SSSR count). The molecule has 0 N–H and O–H groups in total. The molecule has 1 fully saturated rings. The summed E-state index contributed by atoms with van der Waals surface area (Å²) in [5.41, 5.74) is 0.555. The predicted octanol–water partition coefficient (Wildman–Crippen LogP) is 3.26. The highest BCUT2D eigenvalue weighted by Gasteiger charge is 2.20. The van der Waals surface area contributed by atoms with Gasteiger partial charge in [0, 0.05) is 5.56 Å². The number of ether oxygens (including phenoxy) is 1. The number of methoxy groups -OCH3 is 1. The molecule has 1 aromatic carbocycles. The smallest absolute Gasteiger partial charge is 0.178 e. The molecule has 4 heteroatoms. The van der Waals surface area contributed by atoms with E-state index < -0.39 is 0 Å². The van der Waals surface area contributed by atoms with Crippen LogP contribution in [-0.4, -0.2) is 37.4 Å². The Hall–Kier alpha value is -1.06. The van der Waals surface area contributed by atoms with Crippen LogP contribution in [0.4, 0.5) is 0 Å². The first-order valence-electron chi connectivity index (χ1n) is 6.69. The molecule has 0 spiro atoms. The van der Waals surface area contributed by atoms with Crippen LogP contribution >= 0.6 is 11.6 Å². The molecule has 0 unspecified atom stereocenters. The molecule has 0 aliphatic carbocycles. The zero-order chi connectivity index (χ0) is 13.8. The Morgan fingerprint density at radius 1 is 1.42 bits per heavy atom. The van der Waals surface area contributed by atoms with Crippen molar-refractivity contribution < 1.29 is 9.53 Å². The second kappa shape index (κ2) is 6.40. The Bertz CT molecular complexity index is 453. The second-order valence-electron chi connectivity index (χ2n) is 5.23. The number of ketones is 1. The number of piperidine rings is 1. The van der Waals surface area contributed by atoms with Gasteiger partial charge in [-0.25, -0.2) is 0 Å². The van der Waals surface area contributed by atoms with E-state index in [0.717, 1.165) is 19.0 Å². The topological polar surface area (TPSA) is 29.5 Å². The van der Waals surface area contributed by atoms with Gasteiger partial charge in [0.05, 0.1) is 18.7 Å². The fourth-order valence-electron chi connectivity index (χ4n) is 2.35. The molecule has 1 saturated heterocycles. The first-order valence-corrected chi connectivity index (χ1v) is 7.07. The number of likely N-dealkylation sites (tertiary alicyclic amines) is 1. The van der Waals surface area contributed by atoms with Gasteiger partial charge >= 0.3 is 0 Å². The molecule has 0 saturated carbocycles. The number of benzene rings is 1. The van der Waals surface area contributed by atoms with Crippen LogP contribution in [0.2, 0.25) is 5.02 Å². The van der Waals surface area contributed by atoms with Crippen LogP contribution in [0.1, 0.15) is 30.1 Å². The summed E-state index contributed by atoms with van der Waals surface area (Å²) in [6.07, 6.45) is 2.33. The average Bonchev–Trinajstić information content (AvgIpc) is 2.42. The van der Waals surface area contributed by atoms with Crippen LogP contribution in [0.3, 0.4) is 0 Å². The normalized spacial score (nSPS) is 17.4. The van der Waals surface area contributed by atoms with Crippen LogP contribution in [0.25, 0.3) is 0 Å². The number of carbonyl (C=O) groups excluding carboxylic acids is 1. The third-order valence-corrected chi connectivity index (χ3v) is 4.05. The summed E-state index contributed by atoms with van der Waals surface area (Å²) in [7, 11) is 1.59. The molecule has 0 radical (unpaired) electrons. The van der Waals surface area contributed by atoms with Gasteiger partial charge in [-0.2, -0.15) is 0 Å². The molecule has 1 aliphatic heterocycles. The summed E-state index contributed by atoms with van der Waals surface area (Å²) < 4.78 is 5.14. The molecule has 0 aromatic heterocycles. The van der Waals surface area contributed by atoms with Gasteiger partial charge < -0.3 is 4.74 Å². The van der Waals surface area contributed by atoms with Crippen molar-refractivity contribution in [3.8, 4) is 5.75 Å². The maximum Gasteiger partial charge on any atom is 0.178 e. The molecule has 1 aromatic rings. The Kier molecular flexibility index (Phi) is 4.83. The Labute approximate surface area is 119 Å². The first-order chi connectivity index (χ1) is 9.10. The number of hydrogen-bond donors (Lipinski definition) is 0. The van der Waals surface area contributed by atoms with Gasteiger partial charge in [-0.15, -0.1) is 0 Å². The SMILES string of the molecule is COc1ccc(Cl)c(C(=O)CN2CCC(C)CC2)c1. The molecule has 1 aliphatic rings. The van der Waals surface area contributed by atoms with Gasteiger partial charge in [0.15, 0.2) is 5.78 Å². The second-order valence-corrected chi connectivity index (χ2v) is 5.63. The van der Waals surface area contributed by atoms with E-state index in [0.29, 0.717) is 22.9 Å². The van der Waals surface area contributed by atoms with Gasteiger partial charge in [-0.05, 0) is 50.0 Å². The Balaban J connectivity index is 2.03. The highest BCUT2D eigenvalue weighted by molar-refractivity contribution is 6.34. The number of nitrogens with zero attached hydrogens (tertiary/aromatic N) is 1. The molecular weight excluding hydrogens is 262 g/mol. The van der Waals surface area contributed by atoms with Gasteiger partial charge in [-0.3, -0.25) is 9.69 Å². The molecule has 0 amide bonds. The minimum atomic E-state index is 0.0680. The number of hydrogen-bond acceptors (Lipinski definition) is 3. The summed E-state index contributed by atoms with van der Waals surface area (Å²) in [5.74, 6) is 1.50. The van der Waals surface area contributed by atoms with Gasteiger partial charge in [0.2, 0.25) is 0 Å². The average molecular weight is 282 g/mol. The lowest BCUT2D eigenvalue weighted by Gasteiger charge is -2.29. The van der Waals surface area contributed by atoms with E-state index in [2.05, 4.69) is 11.8 Å². The minimum Gasteiger partial charge on any atom is -0.497 e. The third-order valence-electron chi connectivity index (χ3n) is 3.72. The van der Waals surface area contributed by atoms with E-state index in [9.17, 15) is 4.79 Å². The third kappa shape index (κ3) is 3.71. The lowest BCUT2D eigenvalue weighted by Crippen LogP contribution is -2.36. The van der Waals surface area contributed by atoms with E-state index in [1.807, 2.05) is 0 Å². The highest BCUT2D eigenvalue weighted by Crippen LogP contribution is 2.23. The van der Waals surface area contributed by atoms with Crippen molar-refractivity contribution in [3.05, 3.63) is 28.8 Å². The van der Waals surface area contributed by atoms with Crippen molar-refractivity contribution in [2.24, 2.45) is 5.92 Å². The number of halogens is 1. The lowest BCUT2D eigenvalue weighted by molar-refractivity contribution is 0.0899. The molecule has 19 heavy (non-hydrogen) atoms. The van der Waals surface area contributed by atoms with Crippen LogP contribution in [0, 0.1) is 5.92 Å². The zero-order valence-corrected chi connectivity index (χ0v) is 12.2. The van der Waals surface area contributed by atoms with Crippen LogP contribution in [0.5, 0.6) is 5.75 Å². The van der Waals surface area contributed by atoms with Gasteiger partial charge in [0.1, 0.15) is 5.75 Å². The summed E-state index contributed by atoms with van der Waals surface area (Å²) in [4.78, 5) is 14.5. The zero-order valence-electron chi connectivity index (χ0n) is 11.5. The maximum atomic E-state index is 12.3. The van der Waals surface area contributed by atoms with E-state index in [4.69, 9.17) is 16.3 Å². The Morgan fingerprint density at radius 2 is 2.11 bits per heavy atom. The summed E-state index contributed by atoms with van der Waals surface area (Å²) in [6, 6.07) is 5.20. The summed E-state index contributed by atoms with van der Waals surface area (Å²) in [5, 5.41) is 0.496. The van der Waals surface area contributed by atoms with Crippen LogP contribution in [-0.2, 0) is 0 Å². The fourth-order valence-corrected chi connectivity index (χ4v) is 2.58. The molecule has 104 valence electrons. The molecule has 0 atom stereocenters. The highest BCUT2D eigenvalue weighted by atomic mass is 35.5. The molecule has 0 bridgehead atoms. The van der Waals surface area contributed by atoms with Crippen LogP contribution < -0.4 is 4.74 Å². The Morgan fingerprint density at radius 3 is 2.74 bits per heavy atom. The molecule has 1 heterocycles. The number of carbonyl (C=O) groups is 1. The number of rotatable bonds is 4. The molecular formula is C15H20ClNO2. The minimum absolute atomic E-state index is 0.0680. The van der Waals surface area contributed by atoms with E-state index in [-0.39, 0.29) is 5.78 Å². The molecule has 3 nitrogen and oxygen atoms in total. The van der Waals surface area contributed by atoms with Crippen molar-refractivity contribution >= 4 is 17.4 Å². The monoisotopic (exact) mass is 281 g/mol. The van der Waals surface area contributed by atoms with E-state index in [1.54, 1.807) is 25.3 Å². The maximum absolute atomic E-state index is 12.3.